The van der Waals surface area contributed by atoms with Gasteiger partial charge in [-0.25, -0.2) is 0 Å². The van der Waals surface area contributed by atoms with Crippen LogP contribution in [0.25, 0.3) is 0 Å². The second kappa shape index (κ2) is 7.86. The molecule has 1 amide bonds. The Balaban J connectivity index is 1.46. The topological polar surface area (TPSA) is 47.6 Å². The standard InChI is InChI=1S/C20H23NO3/c1-23-18-8-4-15(5-9-18)7-11-20(22)21-14-16-6-10-19-17(13-16)3-2-12-24-19/h4-6,8-10,13H,2-3,7,11-12,14H2,1H3,(H,21,22). The second-order valence-corrected chi connectivity index (χ2v) is 6.02. The van der Waals surface area contributed by atoms with Gasteiger partial charge in [-0.1, -0.05) is 24.3 Å². The lowest BCUT2D eigenvalue weighted by molar-refractivity contribution is -0.121. The van der Waals surface area contributed by atoms with Gasteiger partial charge in [0.1, 0.15) is 11.5 Å². The van der Waals surface area contributed by atoms with E-state index < -0.39 is 0 Å². The third-order valence-corrected chi connectivity index (χ3v) is 4.26. The quantitative estimate of drug-likeness (QED) is 0.887. The van der Waals surface area contributed by atoms with E-state index in [4.69, 9.17) is 9.47 Å². The molecule has 1 heterocycles. The third-order valence-electron chi connectivity index (χ3n) is 4.26. The van der Waals surface area contributed by atoms with Crippen LogP contribution >= 0.6 is 0 Å². The highest BCUT2D eigenvalue weighted by atomic mass is 16.5. The summed E-state index contributed by atoms with van der Waals surface area (Å²) in [6.45, 7) is 1.36. The van der Waals surface area contributed by atoms with Crippen LogP contribution in [0.3, 0.4) is 0 Å². The zero-order chi connectivity index (χ0) is 16.8. The minimum absolute atomic E-state index is 0.0692. The van der Waals surface area contributed by atoms with E-state index in [1.165, 1.54) is 5.56 Å². The number of ether oxygens (including phenoxy) is 2. The van der Waals surface area contributed by atoms with Gasteiger partial charge in [-0.15, -0.1) is 0 Å². The van der Waals surface area contributed by atoms with E-state index >= 15 is 0 Å². The first-order valence-electron chi connectivity index (χ1n) is 8.39. The molecule has 3 rings (SSSR count). The van der Waals surface area contributed by atoms with Gasteiger partial charge < -0.3 is 14.8 Å². The maximum absolute atomic E-state index is 12.0. The third kappa shape index (κ3) is 4.28. The predicted octanol–water partition coefficient (Wildman–Crippen LogP) is 3.27. The number of hydrogen-bond acceptors (Lipinski definition) is 3. The number of hydrogen-bond donors (Lipinski definition) is 1. The number of benzene rings is 2. The average molecular weight is 325 g/mol. The normalized spacial score (nSPS) is 12.9. The lowest BCUT2D eigenvalue weighted by atomic mass is 10.0. The second-order valence-electron chi connectivity index (χ2n) is 6.02. The van der Waals surface area contributed by atoms with Gasteiger partial charge in [0.05, 0.1) is 13.7 Å². The van der Waals surface area contributed by atoms with Crippen LogP contribution in [0.1, 0.15) is 29.5 Å². The zero-order valence-electron chi connectivity index (χ0n) is 14.0. The Morgan fingerprint density at radius 2 is 1.96 bits per heavy atom. The van der Waals surface area contributed by atoms with Crippen molar-refractivity contribution in [1.29, 1.82) is 0 Å². The van der Waals surface area contributed by atoms with Crippen LogP contribution in [-0.2, 0) is 24.2 Å². The minimum atomic E-state index is 0.0692. The molecule has 4 heteroatoms. The van der Waals surface area contributed by atoms with Gasteiger partial charge in [-0.2, -0.15) is 0 Å². The van der Waals surface area contributed by atoms with Gasteiger partial charge in [0.15, 0.2) is 0 Å². The number of carbonyl (C=O) groups excluding carboxylic acids is 1. The summed E-state index contributed by atoms with van der Waals surface area (Å²) in [5, 5.41) is 2.99. The fourth-order valence-corrected chi connectivity index (χ4v) is 2.86. The first kappa shape index (κ1) is 16.4. The summed E-state index contributed by atoms with van der Waals surface area (Å²) in [5.41, 5.74) is 3.50. The molecule has 2 aromatic rings. The minimum Gasteiger partial charge on any atom is -0.497 e. The highest BCUT2D eigenvalue weighted by Crippen LogP contribution is 2.25. The maximum atomic E-state index is 12.0. The number of methoxy groups -OCH3 is 1. The first-order chi connectivity index (χ1) is 11.7. The number of carbonyl (C=O) groups is 1. The molecule has 0 aromatic heterocycles. The Bertz CT molecular complexity index is 695. The highest BCUT2D eigenvalue weighted by Gasteiger charge is 2.11. The summed E-state index contributed by atoms with van der Waals surface area (Å²) in [5.74, 6) is 1.88. The summed E-state index contributed by atoms with van der Waals surface area (Å²) in [6.07, 6.45) is 3.33. The van der Waals surface area contributed by atoms with Gasteiger partial charge in [0.2, 0.25) is 5.91 Å². The highest BCUT2D eigenvalue weighted by molar-refractivity contribution is 5.76. The molecular formula is C20H23NO3. The average Bonchev–Trinajstić information content (AvgIpc) is 2.65. The number of nitrogens with one attached hydrogen (secondary N) is 1. The number of aryl methyl sites for hydroxylation is 2. The van der Waals surface area contributed by atoms with Gasteiger partial charge in [0, 0.05) is 13.0 Å². The molecule has 1 aliphatic rings. The van der Waals surface area contributed by atoms with Crippen molar-refractivity contribution in [2.24, 2.45) is 0 Å². The van der Waals surface area contributed by atoms with Gasteiger partial charge in [-0.3, -0.25) is 4.79 Å². The van der Waals surface area contributed by atoms with Crippen molar-refractivity contribution in [1.82, 2.24) is 5.32 Å². The SMILES string of the molecule is COc1ccc(CCC(=O)NCc2ccc3c(c2)CCCO3)cc1. The van der Waals surface area contributed by atoms with Crippen molar-refractivity contribution in [3.8, 4) is 11.5 Å². The molecule has 0 aliphatic carbocycles. The largest absolute Gasteiger partial charge is 0.497 e. The van der Waals surface area contributed by atoms with Crippen LogP contribution in [0.2, 0.25) is 0 Å². The summed E-state index contributed by atoms with van der Waals surface area (Å²) in [4.78, 5) is 12.0. The molecule has 0 unspecified atom stereocenters. The monoisotopic (exact) mass is 325 g/mol. The molecule has 0 saturated heterocycles. The first-order valence-corrected chi connectivity index (χ1v) is 8.39. The van der Waals surface area contributed by atoms with E-state index in [9.17, 15) is 4.79 Å². The molecular weight excluding hydrogens is 302 g/mol. The number of amides is 1. The van der Waals surface area contributed by atoms with E-state index in [0.29, 0.717) is 13.0 Å². The molecule has 0 radical (unpaired) electrons. The fourth-order valence-electron chi connectivity index (χ4n) is 2.86. The maximum Gasteiger partial charge on any atom is 0.220 e. The molecule has 0 spiro atoms. The van der Waals surface area contributed by atoms with E-state index in [0.717, 1.165) is 48.5 Å². The molecule has 2 aromatic carbocycles. The van der Waals surface area contributed by atoms with Gasteiger partial charge in [-0.05, 0) is 54.2 Å². The fraction of sp³-hybridized carbons (Fsp3) is 0.350. The Kier molecular flexibility index (Phi) is 5.36. The number of rotatable bonds is 6. The molecule has 0 saturated carbocycles. The molecule has 0 fully saturated rings. The van der Waals surface area contributed by atoms with Crippen LogP contribution in [-0.4, -0.2) is 19.6 Å². The molecule has 126 valence electrons. The Morgan fingerprint density at radius 1 is 1.17 bits per heavy atom. The smallest absolute Gasteiger partial charge is 0.220 e. The van der Waals surface area contributed by atoms with E-state index in [1.807, 2.05) is 36.4 Å². The summed E-state index contributed by atoms with van der Waals surface area (Å²) < 4.78 is 10.7. The molecule has 1 aliphatic heterocycles. The van der Waals surface area contributed by atoms with E-state index in [2.05, 4.69) is 11.4 Å². The van der Waals surface area contributed by atoms with Gasteiger partial charge >= 0.3 is 0 Å². The number of fused-ring (bicyclic) bond motifs is 1. The predicted molar refractivity (Wildman–Crippen MR) is 93.4 cm³/mol. The Morgan fingerprint density at radius 3 is 2.75 bits per heavy atom. The summed E-state index contributed by atoms with van der Waals surface area (Å²) in [7, 11) is 1.65. The van der Waals surface area contributed by atoms with Crippen molar-refractivity contribution in [2.45, 2.75) is 32.2 Å². The Labute approximate surface area is 142 Å². The van der Waals surface area contributed by atoms with E-state index in [1.54, 1.807) is 7.11 Å². The lowest BCUT2D eigenvalue weighted by Gasteiger charge is -2.18. The lowest BCUT2D eigenvalue weighted by Crippen LogP contribution is -2.23. The van der Waals surface area contributed by atoms with Crippen molar-refractivity contribution in [3.63, 3.8) is 0 Å². The molecule has 4 nitrogen and oxygen atoms in total. The van der Waals surface area contributed by atoms with Crippen molar-refractivity contribution >= 4 is 5.91 Å². The summed E-state index contributed by atoms with van der Waals surface area (Å²) in [6, 6.07) is 14.0. The summed E-state index contributed by atoms with van der Waals surface area (Å²) >= 11 is 0. The molecule has 1 N–H and O–H groups in total. The molecule has 24 heavy (non-hydrogen) atoms. The zero-order valence-corrected chi connectivity index (χ0v) is 14.0. The van der Waals surface area contributed by atoms with Crippen LogP contribution in [0, 0.1) is 0 Å². The van der Waals surface area contributed by atoms with Crippen LogP contribution in [0.15, 0.2) is 42.5 Å². The van der Waals surface area contributed by atoms with Crippen LogP contribution in [0.4, 0.5) is 0 Å². The Hall–Kier alpha value is -2.49. The van der Waals surface area contributed by atoms with Gasteiger partial charge in [0.25, 0.3) is 0 Å². The van der Waals surface area contributed by atoms with Crippen LogP contribution in [0.5, 0.6) is 11.5 Å². The van der Waals surface area contributed by atoms with E-state index in [-0.39, 0.29) is 5.91 Å². The van der Waals surface area contributed by atoms with Crippen LogP contribution < -0.4 is 14.8 Å². The van der Waals surface area contributed by atoms with Crippen molar-refractivity contribution in [3.05, 3.63) is 59.2 Å². The molecule has 0 bridgehead atoms. The van der Waals surface area contributed by atoms with Crippen molar-refractivity contribution < 1.29 is 14.3 Å². The molecule has 0 atom stereocenters. The van der Waals surface area contributed by atoms with Crippen molar-refractivity contribution in [2.75, 3.05) is 13.7 Å².